The van der Waals surface area contributed by atoms with Gasteiger partial charge in [0.15, 0.2) is 0 Å². The number of likely N-dealkylation sites (tertiary alicyclic amines) is 1. The molecule has 6 atom stereocenters. The zero-order valence-corrected chi connectivity index (χ0v) is 18.2. The highest BCUT2D eigenvalue weighted by molar-refractivity contribution is 6.03. The first-order valence-electron chi connectivity index (χ1n) is 10.5. The quantitative estimate of drug-likeness (QED) is 0.605. The highest BCUT2D eigenvalue weighted by Crippen LogP contribution is 2.63. The van der Waals surface area contributed by atoms with E-state index >= 15 is 0 Å². The Bertz CT molecular complexity index is 905. The standard InChI is InChI=1S/C22H29N3O6/c1-12(11-26)25-17(19(28)24-13-5-7-14(30-4)8-6-13)22-10-9-21(2,31-22)15(18(27)23-3)16(22)20(25)29/h5-8,12,15-17,26H,9-11H2,1-4H3,(H,23,27)(H,24,28)/t12-,15-,16+,17?,21+,22?/m1/s1. The van der Waals surface area contributed by atoms with Crippen LogP contribution in [0.25, 0.3) is 0 Å². The Labute approximate surface area is 181 Å². The van der Waals surface area contributed by atoms with E-state index in [0.717, 1.165) is 0 Å². The third-order valence-electron chi connectivity index (χ3n) is 7.09. The van der Waals surface area contributed by atoms with Crippen LogP contribution in [0.15, 0.2) is 24.3 Å². The van der Waals surface area contributed by atoms with Crippen LogP contribution < -0.4 is 15.4 Å². The molecule has 3 heterocycles. The van der Waals surface area contributed by atoms with E-state index in [1.54, 1.807) is 38.3 Å². The molecule has 1 aromatic carbocycles. The summed E-state index contributed by atoms with van der Waals surface area (Å²) in [5.74, 6) is -1.80. The van der Waals surface area contributed by atoms with Crippen LogP contribution in [0.3, 0.4) is 0 Å². The summed E-state index contributed by atoms with van der Waals surface area (Å²) in [4.78, 5) is 41.2. The van der Waals surface area contributed by atoms with Crippen molar-refractivity contribution in [3.63, 3.8) is 0 Å². The van der Waals surface area contributed by atoms with Gasteiger partial charge in [-0.2, -0.15) is 0 Å². The molecule has 0 aromatic heterocycles. The van der Waals surface area contributed by atoms with Crippen molar-refractivity contribution in [1.82, 2.24) is 10.2 Å². The molecule has 3 aliphatic heterocycles. The van der Waals surface area contributed by atoms with Gasteiger partial charge in [-0.25, -0.2) is 0 Å². The monoisotopic (exact) mass is 431 g/mol. The van der Waals surface area contributed by atoms with Crippen LogP contribution in [0.2, 0.25) is 0 Å². The van der Waals surface area contributed by atoms with Crippen molar-refractivity contribution in [1.29, 1.82) is 0 Å². The van der Waals surface area contributed by atoms with E-state index < -0.39 is 41.0 Å². The zero-order valence-electron chi connectivity index (χ0n) is 18.2. The summed E-state index contributed by atoms with van der Waals surface area (Å²) in [7, 11) is 3.09. The summed E-state index contributed by atoms with van der Waals surface area (Å²) in [6, 6.07) is 5.33. The summed E-state index contributed by atoms with van der Waals surface area (Å²) in [5.41, 5.74) is -1.37. The molecule has 3 aliphatic rings. The van der Waals surface area contributed by atoms with Crippen LogP contribution in [0.1, 0.15) is 26.7 Å². The predicted octanol–water partition coefficient (Wildman–Crippen LogP) is 0.525. The van der Waals surface area contributed by atoms with E-state index in [1.807, 2.05) is 6.92 Å². The van der Waals surface area contributed by atoms with Crippen molar-refractivity contribution in [2.24, 2.45) is 11.8 Å². The van der Waals surface area contributed by atoms with E-state index in [1.165, 1.54) is 11.9 Å². The molecule has 31 heavy (non-hydrogen) atoms. The number of carbonyl (C=O) groups is 3. The maximum atomic E-state index is 13.6. The van der Waals surface area contributed by atoms with Gasteiger partial charge in [-0.05, 0) is 51.0 Å². The summed E-state index contributed by atoms with van der Waals surface area (Å²) >= 11 is 0. The predicted molar refractivity (Wildman–Crippen MR) is 111 cm³/mol. The number of benzene rings is 1. The topological polar surface area (TPSA) is 117 Å². The van der Waals surface area contributed by atoms with Crippen molar-refractivity contribution in [3.05, 3.63) is 24.3 Å². The summed E-state index contributed by atoms with van der Waals surface area (Å²) < 4.78 is 11.6. The second-order valence-corrected chi connectivity index (χ2v) is 8.84. The fourth-order valence-electron chi connectivity index (χ4n) is 5.67. The third-order valence-corrected chi connectivity index (χ3v) is 7.09. The Kier molecular flexibility index (Phi) is 5.21. The van der Waals surface area contributed by atoms with E-state index in [2.05, 4.69) is 10.6 Å². The fourth-order valence-corrected chi connectivity index (χ4v) is 5.67. The number of fused-ring (bicyclic) bond motifs is 1. The fraction of sp³-hybridized carbons (Fsp3) is 0.591. The second kappa shape index (κ2) is 7.49. The molecule has 3 saturated heterocycles. The van der Waals surface area contributed by atoms with Gasteiger partial charge in [-0.1, -0.05) is 0 Å². The molecule has 3 fully saturated rings. The van der Waals surface area contributed by atoms with Gasteiger partial charge < -0.3 is 30.1 Å². The molecule has 1 aromatic rings. The number of nitrogens with one attached hydrogen (secondary N) is 2. The Morgan fingerprint density at radius 2 is 1.97 bits per heavy atom. The highest BCUT2D eigenvalue weighted by Gasteiger charge is 2.78. The number of amides is 3. The number of anilines is 1. The Morgan fingerprint density at radius 1 is 1.29 bits per heavy atom. The molecule has 3 amide bonds. The smallest absolute Gasteiger partial charge is 0.250 e. The average molecular weight is 431 g/mol. The molecule has 0 radical (unpaired) electrons. The molecule has 9 heteroatoms. The summed E-state index contributed by atoms with van der Waals surface area (Å²) in [6.07, 6.45) is 1.06. The van der Waals surface area contributed by atoms with Gasteiger partial charge in [0.05, 0.1) is 37.2 Å². The van der Waals surface area contributed by atoms with Crippen LogP contribution in [0, 0.1) is 11.8 Å². The zero-order chi connectivity index (χ0) is 22.6. The van der Waals surface area contributed by atoms with Crippen molar-refractivity contribution in [3.8, 4) is 5.75 Å². The lowest BCUT2D eigenvalue weighted by atomic mass is 9.66. The number of carbonyl (C=O) groups excluding carboxylic acids is 3. The minimum Gasteiger partial charge on any atom is -0.497 e. The lowest BCUT2D eigenvalue weighted by Gasteiger charge is -2.35. The molecule has 9 nitrogen and oxygen atoms in total. The van der Waals surface area contributed by atoms with Crippen LogP contribution in [-0.4, -0.2) is 71.8 Å². The van der Waals surface area contributed by atoms with Crippen LogP contribution >= 0.6 is 0 Å². The molecule has 2 bridgehead atoms. The van der Waals surface area contributed by atoms with Gasteiger partial charge in [0.25, 0.3) is 0 Å². The van der Waals surface area contributed by atoms with E-state index in [0.29, 0.717) is 24.3 Å². The molecule has 2 unspecified atom stereocenters. The number of hydrogen-bond acceptors (Lipinski definition) is 6. The minimum atomic E-state index is -1.11. The summed E-state index contributed by atoms with van der Waals surface area (Å²) in [6.45, 7) is 3.22. The van der Waals surface area contributed by atoms with Gasteiger partial charge in [0, 0.05) is 12.7 Å². The first-order valence-corrected chi connectivity index (χ1v) is 10.5. The number of nitrogens with zero attached hydrogens (tertiary/aromatic N) is 1. The molecule has 0 aliphatic carbocycles. The van der Waals surface area contributed by atoms with E-state index in [9.17, 15) is 19.5 Å². The first-order chi connectivity index (χ1) is 14.7. The normalized spacial score (nSPS) is 34.4. The lowest BCUT2D eigenvalue weighted by molar-refractivity contribution is -0.147. The van der Waals surface area contributed by atoms with Gasteiger partial charge in [0.2, 0.25) is 17.7 Å². The van der Waals surface area contributed by atoms with Gasteiger partial charge >= 0.3 is 0 Å². The van der Waals surface area contributed by atoms with Crippen molar-refractivity contribution in [2.75, 3.05) is 26.1 Å². The van der Waals surface area contributed by atoms with Crippen LogP contribution in [-0.2, 0) is 19.1 Å². The molecule has 3 N–H and O–H groups in total. The molecule has 0 saturated carbocycles. The molecule has 4 rings (SSSR count). The number of ether oxygens (including phenoxy) is 2. The van der Waals surface area contributed by atoms with Crippen molar-refractivity contribution in [2.45, 2.75) is 50.0 Å². The largest absolute Gasteiger partial charge is 0.497 e. The number of hydrogen-bond donors (Lipinski definition) is 3. The van der Waals surface area contributed by atoms with Gasteiger partial charge in [-0.15, -0.1) is 0 Å². The third kappa shape index (κ3) is 3.02. The molecule has 168 valence electrons. The SMILES string of the molecule is CNC(=O)[C@H]1[C@H]2C(=O)N([C@H](C)CO)C(C(=O)Nc3ccc(OC)cc3)C23CC[C@]1(C)O3. The van der Waals surface area contributed by atoms with Crippen LogP contribution in [0.4, 0.5) is 5.69 Å². The molecular formula is C22H29N3O6. The van der Waals surface area contributed by atoms with E-state index in [4.69, 9.17) is 9.47 Å². The van der Waals surface area contributed by atoms with Crippen molar-refractivity contribution >= 4 is 23.4 Å². The lowest BCUT2D eigenvalue weighted by Crippen LogP contribution is -2.55. The van der Waals surface area contributed by atoms with Crippen LogP contribution in [0.5, 0.6) is 5.75 Å². The Hall–Kier alpha value is -2.65. The van der Waals surface area contributed by atoms with E-state index in [-0.39, 0.29) is 18.4 Å². The Morgan fingerprint density at radius 3 is 2.55 bits per heavy atom. The maximum Gasteiger partial charge on any atom is 0.250 e. The number of rotatable bonds is 6. The number of aliphatic hydroxyl groups is 1. The Balaban J connectivity index is 1.73. The molecular weight excluding hydrogens is 402 g/mol. The first kappa shape index (κ1) is 21.6. The van der Waals surface area contributed by atoms with Gasteiger partial charge in [-0.3, -0.25) is 14.4 Å². The number of aliphatic hydroxyl groups excluding tert-OH is 1. The second-order valence-electron chi connectivity index (χ2n) is 8.84. The molecule has 1 spiro atoms. The average Bonchev–Trinajstić information content (AvgIpc) is 3.34. The summed E-state index contributed by atoms with van der Waals surface area (Å²) in [5, 5.41) is 15.3. The minimum absolute atomic E-state index is 0.268. The van der Waals surface area contributed by atoms with Crippen molar-refractivity contribution < 1.29 is 29.0 Å². The maximum absolute atomic E-state index is 13.6. The van der Waals surface area contributed by atoms with Gasteiger partial charge in [0.1, 0.15) is 17.4 Å². The number of methoxy groups -OCH3 is 1. The highest BCUT2D eigenvalue weighted by atomic mass is 16.5.